The third-order valence-electron chi connectivity index (χ3n) is 6.61. The molecule has 1 aromatic heterocycles. The molecule has 2 saturated heterocycles. The summed E-state index contributed by atoms with van der Waals surface area (Å²) >= 11 is 0. The predicted molar refractivity (Wildman–Crippen MR) is 124 cm³/mol. The molecule has 0 spiro atoms. The van der Waals surface area contributed by atoms with Crippen LogP contribution in [0.4, 0.5) is 11.5 Å². The lowest BCUT2D eigenvalue weighted by molar-refractivity contribution is -0.136. The zero-order valence-corrected chi connectivity index (χ0v) is 18.6. The van der Waals surface area contributed by atoms with Gasteiger partial charge in [0.25, 0.3) is 11.8 Å². The Morgan fingerprint density at radius 1 is 1.00 bits per heavy atom. The Morgan fingerprint density at radius 3 is 2.47 bits per heavy atom. The van der Waals surface area contributed by atoms with Crippen LogP contribution in [0.3, 0.4) is 0 Å². The highest BCUT2D eigenvalue weighted by atomic mass is 16.2. The number of fused-ring (bicyclic) bond motifs is 1. The number of carbonyl (C=O) groups is 4. The summed E-state index contributed by atoms with van der Waals surface area (Å²) in [6.07, 6.45) is 3.93. The summed E-state index contributed by atoms with van der Waals surface area (Å²) in [4.78, 5) is 57.1. The van der Waals surface area contributed by atoms with Crippen molar-refractivity contribution in [3.63, 3.8) is 0 Å². The summed E-state index contributed by atoms with van der Waals surface area (Å²) in [6, 6.07) is 8.30. The van der Waals surface area contributed by atoms with E-state index in [0.29, 0.717) is 6.54 Å². The van der Waals surface area contributed by atoms with E-state index in [9.17, 15) is 19.2 Å². The minimum atomic E-state index is -0.966. The summed E-state index contributed by atoms with van der Waals surface area (Å²) in [5.41, 5.74) is 8.17. The minimum Gasteiger partial charge on any atom is -0.380 e. The molecule has 2 aromatic rings. The smallest absolute Gasteiger partial charge is 0.262 e. The Hall–Kier alpha value is -3.79. The van der Waals surface area contributed by atoms with E-state index < -0.39 is 29.7 Å². The standard InChI is InChI=1S/C24H26N6O4/c25-15-7-9-29(10-8-15)20-5-2-16(13-27-20)26-12-14-1-3-17-18(11-14)24(34)30(23(17)33)19-4-6-21(31)28-22(19)32/h1-3,5,11,13,15,19,26H,4,6-10,12,25H2,(H,28,31,32). The monoisotopic (exact) mass is 462 g/mol. The summed E-state index contributed by atoms with van der Waals surface area (Å²) < 4.78 is 0. The number of amides is 4. The zero-order valence-electron chi connectivity index (χ0n) is 18.6. The van der Waals surface area contributed by atoms with Crippen LogP contribution >= 0.6 is 0 Å². The fourth-order valence-corrected chi connectivity index (χ4v) is 4.64. The molecule has 10 heteroatoms. The molecule has 1 atom stereocenters. The van der Waals surface area contributed by atoms with Crippen molar-refractivity contribution in [1.82, 2.24) is 15.2 Å². The Bertz CT molecular complexity index is 1160. The Kier molecular flexibility index (Phi) is 5.74. The average molecular weight is 463 g/mol. The molecule has 4 N–H and O–H groups in total. The summed E-state index contributed by atoms with van der Waals surface area (Å²) in [5, 5.41) is 5.49. The first-order chi connectivity index (χ1) is 16.4. The second kappa shape index (κ2) is 8.86. The van der Waals surface area contributed by atoms with Gasteiger partial charge < -0.3 is 16.0 Å². The molecule has 0 saturated carbocycles. The van der Waals surface area contributed by atoms with Gasteiger partial charge in [-0.05, 0) is 49.1 Å². The summed E-state index contributed by atoms with van der Waals surface area (Å²) in [5.74, 6) is -1.10. The van der Waals surface area contributed by atoms with E-state index in [2.05, 4.69) is 20.5 Å². The normalized spacial score (nSPS) is 21.0. The number of nitrogens with one attached hydrogen (secondary N) is 2. The van der Waals surface area contributed by atoms with Crippen molar-refractivity contribution in [2.45, 2.75) is 44.3 Å². The lowest BCUT2D eigenvalue weighted by atomic mass is 10.0. The first-order valence-electron chi connectivity index (χ1n) is 11.5. The van der Waals surface area contributed by atoms with Crippen LogP contribution in [0.1, 0.15) is 52.0 Å². The third kappa shape index (κ3) is 4.12. The van der Waals surface area contributed by atoms with E-state index in [-0.39, 0.29) is 30.0 Å². The molecule has 0 bridgehead atoms. The van der Waals surface area contributed by atoms with E-state index in [1.165, 1.54) is 0 Å². The van der Waals surface area contributed by atoms with Crippen LogP contribution in [0.2, 0.25) is 0 Å². The van der Waals surface area contributed by atoms with Crippen LogP contribution in [0, 0.1) is 0 Å². The largest absolute Gasteiger partial charge is 0.380 e. The number of rotatable bonds is 5. The quantitative estimate of drug-likeness (QED) is 0.560. The third-order valence-corrected chi connectivity index (χ3v) is 6.61. The lowest BCUT2D eigenvalue weighted by Gasteiger charge is -2.31. The highest BCUT2D eigenvalue weighted by Gasteiger charge is 2.44. The van der Waals surface area contributed by atoms with Crippen LogP contribution in [0.15, 0.2) is 36.5 Å². The number of hydrogen-bond donors (Lipinski definition) is 3. The van der Waals surface area contributed by atoms with Crippen molar-refractivity contribution in [2.24, 2.45) is 5.73 Å². The average Bonchev–Trinajstić information content (AvgIpc) is 3.08. The molecule has 1 aromatic carbocycles. The van der Waals surface area contributed by atoms with Gasteiger partial charge in [-0.3, -0.25) is 29.4 Å². The van der Waals surface area contributed by atoms with Crippen molar-refractivity contribution >= 4 is 35.1 Å². The van der Waals surface area contributed by atoms with Gasteiger partial charge in [0.1, 0.15) is 11.9 Å². The summed E-state index contributed by atoms with van der Waals surface area (Å²) in [6.45, 7) is 2.24. The molecule has 10 nitrogen and oxygen atoms in total. The van der Waals surface area contributed by atoms with Crippen LogP contribution < -0.4 is 21.3 Å². The number of nitrogens with two attached hydrogens (primary N) is 1. The van der Waals surface area contributed by atoms with E-state index >= 15 is 0 Å². The highest BCUT2D eigenvalue weighted by molar-refractivity contribution is 6.23. The van der Waals surface area contributed by atoms with Gasteiger partial charge in [0.15, 0.2) is 0 Å². The first kappa shape index (κ1) is 22.0. The molecule has 4 heterocycles. The number of anilines is 2. The molecule has 4 amide bonds. The van der Waals surface area contributed by atoms with Gasteiger partial charge in [-0.25, -0.2) is 4.98 Å². The first-order valence-corrected chi connectivity index (χ1v) is 11.5. The molecular weight excluding hydrogens is 436 g/mol. The van der Waals surface area contributed by atoms with Crippen molar-refractivity contribution in [2.75, 3.05) is 23.3 Å². The molecule has 1 unspecified atom stereocenters. The molecule has 2 fully saturated rings. The maximum Gasteiger partial charge on any atom is 0.262 e. The molecule has 0 aliphatic carbocycles. The van der Waals surface area contributed by atoms with Crippen molar-refractivity contribution in [3.8, 4) is 0 Å². The van der Waals surface area contributed by atoms with E-state index in [0.717, 1.165) is 47.9 Å². The molecule has 0 radical (unpaired) electrons. The molecule has 3 aliphatic rings. The number of carbonyl (C=O) groups excluding carboxylic acids is 4. The molecule has 5 rings (SSSR count). The number of nitrogens with zero attached hydrogens (tertiary/aromatic N) is 3. The summed E-state index contributed by atoms with van der Waals surface area (Å²) in [7, 11) is 0. The highest BCUT2D eigenvalue weighted by Crippen LogP contribution is 2.28. The Labute approximate surface area is 196 Å². The molecule has 3 aliphatic heterocycles. The van der Waals surface area contributed by atoms with Gasteiger partial charge in [-0.2, -0.15) is 0 Å². The van der Waals surface area contributed by atoms with Gasteiger partial charge in [0.2, 0.25) is 11.8 Å². The minimum absolute atomic E-state index is 0.0944. The van der Waals surface area contributed by atoms with Crippen molar-refractivity contribution in [1.29, 1.82) is 0 Å². The second-order valence-corrected chi connectivity index (χ2v) is 8.91. The fraction of sp³-hybridized carbons (Fsp3) is 0.375. The fourth-order valence-electron chi connectivity index (χ4n) is 4.64. The lowest BCUT2D eigenvalue weighted by Crippen LogP contribution is -2.54. The number of piperidine rings is 2. The zero-order chi connectivity index (χ0) is 23.8. The number of benzene rings is 1. The van der Waals surface area contributed by atoms with E-state index in [1.54, 1.807) is 24.4 Å². The van der Waals surface area contributed by atoms with E-state index in [1.807, 2.05) is 12.1 Å². The maximum atomic E-state index is 13.0. The van der Waals surface area contributed by atoms with E-state index in [4.69, 9.17) is 5.73 Å². The van der Waals surface area contributed by atoms with Crippen LogP contribution in [0.25, 0.3) is 0 Å². The van der Waals surface area contributed by atoms with Gasteiger partial charge >= 0.3 is 0 Å². The van der Waals surface area contributed by atoms with Gasteiger partial charge in [0, 0.05) is 32.1 Å². The maximum absolute atomic E-state index is 13.0. The topological polar surface area (TPSA) is 138 Å². The van der Waals surface area contributed by atoms with Crippen molar-refractivity contribution < 1.29 is 19.2 Å². The number of pyridine rings is 1. The Morgan fingerprint density at radius 2 is 1.76 bits per heavy atom. The Balaban J connectivity index is 1.24. The molecular formula is C24H26N6O4. The van der Waals surface area contributed by atoms with Gasteiger partial charge in [-0.1, -0.05) is 6.07 Å². The molecule has 34 heavy (non-hydrogen) atoms. The number of aromatic nitrogens is 1. The second-order valence-electron chi connectivity index (χ2n) is 8.91. The van der Waals surface area contributed by atoms with Gasteiger partial charge in [-0.15, -0.1) is 0 Å². The van der Waals surface area contributed by atoms with Gasteiger partial charge in [0.05, 0.1) is 23.0 Å². The van der Waals surface area contributed by atoms with Crippen LogP contribution in [0.5, 0.6) is 0 Å². The number of imide groups is 2. The van der Waals surface area contributed by atoms with Crippen LogP contribution in [-0.4, -0.2) is 58.7 Å². The SMILES string of the molecule is NC1CCN(c2ccc(NCc3ccc4c(c3)C(=O)N(C3CCC(=O)NC3=O)C4=O)cn2)CC1. The van der Waals surface area contributed by atoms with Crippen molar-refractivity contribution in [3.05, 3.63) is 53.2 Å². The predicted octanol–water partition coefficient (Wildman–Crippen LogP) is 1.02. The number of hydrogen-bond acceptors (Lipinski definition) is 8. The van der Waals surface area contributed by atoms with Crippen LogP contribution in [-0.2, 0) is 16.1 Å². The molecule has 176 valence electrons.